The van der Waals surface area contributed by atoms with E-state index >= 15 is 0 Å². The van der Waals surface area contributed by atoms with Crippen LogP contribution in [0.25, 0.3) is 0 Å². The van der Waals surface area contributed by atoms with Crippen molar-refractivity contribution in [3.05, 3.63) is 17.3 Å². The van der Waals surface area contributed by atoms with Crippen LogP contribution >= 0.6 is 0 Å². The zero-order valence-electron chi connectivity index (χ0n) is 9.24. The lowest BCUT2D eigenvalue weighted by molar-refractivity contribution is 0.0915. The quantitative estimate of drug-likeness (QED) is 0.840. The Kier molecular flexibility index (Phi) is 2.32. The Hall–Kier alpha value is -1.16. The molecule has 0 radical (unpaired) electrons. The highest BCUT2D eigenvalue weighted by molar-refractivity contribution is 5.95. The molecule has 4 heteroatoms. The monoisotopic (exact) mass is 220 g/mol. The van der Waals surface area contributed by atoms with Crippen molar-refractivity contribution in [1.29, 1.82) is 0 Å². The van der Waals surface area contributed by atoms with Crippen LogP contribution in [0.5, 0.6) is 0 Å². The summed E-state index contributed by atoms with van der Waals surface area (Å²) in [7, 11) is 0. The van der Waals surface area contributed by atoms with Crippen molar-refractivity contribution < 1.29 is 9.21 Å². The first kappa shape index (κ1) is 10.0. The van der Waals surface area contributed by atoms with Crippen molar-refractivity contribution in [2.45, 2.75) is 38.0 Å². The van der Waals surface area contributed by atoms with Gasteiger partial charge in [-0.2, -0.15) is 0 Å². The molecular weight excluding hydrogens is 204 g/mol. The normalized spacial score (nSPS) is 24.6. The van der Waals surface area contributed by atoms with Crippen molar-refractivity contribution >= 4 is 5.78 Å². The van der Waals surface area contributed by atoms with Crippen molar-refractivity contribution in [3.8, 4) is 0 Å². The summed E-state index contributed by atoms with van der Waals surface area (Å²) < 4.78 is 5.58. The van der Waals surface area contributed by atoms with E-state index in [1.165, 1.54) is 0 Å². The van der Waals surface area contributed by atoms with E-state index in [0.717, 1.165) is 37.3 Å². The summed E-state index contributed by atoms with van der Waals surface area (Å²) in [5, 5.41) is 0. The summed E-state index contributed by atoms with van der Waals surface area (Å²) >= 11 is 0. The summed E-state index contributed by atoms with van der Waals surface area (Å²) in [6.07, 6.45) is 4.63. The second kappa shape index (κ2) is 3.70. The second-order valence-corrected chi connectivity index (χ2v) is 4.88. The molecule has 1 fully saturated rings. The number of Topliss-reactive ketones (excluding diaryl/α,β-unsaturated/α-hetero) is 1. The van der Waals surface area contributed by atoms with Crippen molar-refractivity contribution in [1.82, 2.24) is 4.98 Å². The first-order chi connectivity index (χ1) is 7.78. The molecule has 0 aromatic carbocycles. The maximum atomic E-state index is 11.9. The third-order valence-corrected chi connectivity index (χ3v) is 3.42. The van der Waals surface area contributed by atoms with Gasteiger partial charge in [0, 0.05) is 12.3 Å². The highest BCUT2D eigenvalue weighted by Gasteiger charge is 2.35. The molecule has 0 saturated heterocycles. The van der Waals surface area contributed by atoms with Crippen molar-refractivity contribution in [2.75, 3.05) is 6.54 Å². The Labute approximate surface area is 94.2 Å². The van der Waals surface area contributed by atoms with Gasteiger partial charge in [-0.05, 0) is 38.1 Å². The van der Waals surface area contributed by atoms with Crippen LogP contribution in [-0.2, 0) is 6.42 Å². The van der Waals surface area contributed by atoms with Gasteiger partial charge in [-0.15, -0.1) is 0 Å². The zero-order valence-corrected chi connectivity index (χ0v) is 9.24. The lowest BCUT2D eigenvalue weighted by Gasteiger charge is -2.17. The molecule has 2 N–H and O–H groups in total. The van der Waals surface area contributed by atoms with Gasteiger partial charge in [-0.25, -0.2) is 4.98 Å². The first-order valence-electron chi connectivity index (χ1n) is 6.00. The maximum absolute atomic E-state index is 11.9. The number of aromatic nitrogens is 1. The minimum absolute atomic E-state index is 0.110. The second-order valence-electron chi connectivity index (χ2n) is 4.88. The number of rotatable bonds is 3. The number of carbonyl (C=O) groups excluding carboxylic acids is 1. The molecule has 1 saturated carbocycles. The maximum Gasteiger partial charge on any atom is 0.200 e. The van der Waals surface area contributed by atoms with E-state index in [0.29, 0.717) is 30.6 Å². The molecule has 0 amide bonds. The Morgan fingerprint density at radius 2 is 2.19 bits per heavy atom. The number of hydrogen-bond acceptors (Lipinski definition) is 4. The molecule has 86 valence electrons. The minimum Gasteiger partial charge on any atom is -0.437 e. The fraction of sp³-hybridized carbons (Fsp3) is 0.667. The van der Waals surface area contributed by atoms with E-state index in [4.69, 9.17) is 10.2 Å². The molecule has 1 aromatic rings. The van der Waals surface area contributed by atoms with Crippen LogP contribution in [0.3, 0.4) is 0 Å². The van der Waals surface area contributed by atoms with Gasteiger partial charge in [0.1, 0.15) is 0 Å². The van der Waals surface area contributed by atoms with E-state index in [1.54, 1.807) is 0 Å². The topological polar surface area (TPSA) is 69.1 Å². The fourth-order valence-electron chi connectivity index (χ4n) is 2.37. The van der Waals surface area contributed by atoms with Crippen molar-refractivity contribution in [3.63, 3.8) is 0 Å². The van der Waals surface area contributed by atoms with E-state index in [1.807, 2.05) is 0 Å². The van der Waals surface area contributed by atoms with E-state index in [9.17, 15) is 4.79 Å². The number of nitrogens with zero attached hydrogens (tertiary/aromatic N) is 1. The van der Waals surface area contributed by atoms with Gasteiger partial charge in [0.25, 0.3) is 0 Å². The molecule has 1 atom stereocenters. The molecule has 1 heterocycles. The van der Waals surface area contributed by atoms with Crippen molar-refractivity contribution in [2.24, 2.45) is 11.7 Å². The molecule has 0 aliphatic heterocycles. The highest BCUT2D eigenvalue weighted by atomic mass is 16.4. The number of ketones is 1. The Balaban J connectivity index is 1.86. The molecule has 1 aromatic heterocycles. The minimum atomic E-state index is 0.110. The largest absolute Gasteiger partial charge is 0.437 e. The molecule has 0 spiro atoms. The van der Waals surface area contributed by atoms with Crippen LogP contribution in [0.4, 0.5) is 0 Å². The molecule has 4 nitrogen and oxygen atoms in total. The van der Waals surface area contributed by atoms with E-state index in [-0.39, 0.29) is 5.78 Å². The van der Waals surface area contributed by atoms with Gasteiger partial charge in [-0.1, -0.05) is 0 Å². The van der Waals surface area contributed by atoms with Gasteiger partial charge in [0.2, 0.25) is 0 Å². The van der Waals surface area contributed by atoms with Crippen LogP contribution < -0.4 is 5.73 Å². The highest BCUT2D eigenvalue weighted by Crippen LogP contribution is 2.41. The van der Waals surface area contributed by atoms with Gasteiger partial charge >= 0.3 is 0 Å². The first-order valence-corrected chi connectivity index (χ1v) is 6.00. The molecule has 16 heavy (non-hydrogen) atoms. The zero-order chi connectivity index (χ0) is 11.1. The Bertz CT molecular complexity index is 421. The van der Waals surface area contributed by atoms with Gasteiger partial charge in [-0.3, -0.25) is 4.79 Å². The molecule has 2 aliphatic carbocycles. The third-order valence-electron chi connectivity index (χ3n) is 3.42. The van der Waals surface area contributed by atoms with E-state index in [2.05, 4.69) is 4.98 Å². The molecule has 3 rings (SSSR count). The van der Waals surface area contributed by atoms with Gasteiger partial charge in [0.15, 0.2) is 17.4 Å². The number of fused-ring (bicyclic) bond motifs is 1. The average molecular weight is 220 g/mol. The third kappa shape index (κ3) is 1.67. The molecule has 1 unspecified atom stereocenters. The summed E-state index contributed by atoms with van der Waals surface area (Å²) in [6, 6.07) is 0. The molecular formula is C12H16N2O2. The van der Waals surface area contributed by atoms with Gasteiger partial charge < -0.3 is 10.2 Å². The predicted octanol–water partition coefficient (Wildman–Crippen LogP) is 1.65. The fourth-order valence-corrected chi connectivity index (χ4v) is 2.37. The summed E-state index contributed by atoms with van der Waals surface area (Å²) in [5.74, 6) is 2.26. The molecule has 0 bridgehead atoms. The number of nitrogens with two attached hydrogens (primary N) is 1. The van der Waals surface area contributed by atoms with E-state index < -0.39 is 0 Å². The SMILES string of the molecule is NCCC1CC(=O)c2oc(C3CC3)nc2C1. The molecule has 2 aliphatic rings. The van der Waals surface area contributed by atoms with Crippen LogP contribution in [0, 0.1) is 5.92 Å². The summed E-state index contributed by atoms with van der Waals surface area (Å²) in [6.45, 7) is 0.639. The number of carbonyl (C=O) groups is 1. The predicted molar refractivity (Wildman–Crippen MR) is 58.3 cm³/mol. The lowest BCUT2D eigenvalue weighted by atomic mass is 9.87. The summed E-state index contributed by atoms with van der Waals surface area (Å²) in [5.41, 5.74) is 6.40. The van der Waals surface area contributed by atoms with Crippen LogP contribution in [0.15, 0.2) is 4.42 Å². The Morgan fingerprint density at radius 1 is 1.38 bits per heavy atom. The van der Waals surface area contributed by atoms with Gasteiger partial charge in [0.05, 0.1) is 5.69 Å². The summed E-state index contributed by atoms with van der Waals surface area (Å²) in [4.78, 5) is 16.3. The number of oxazole rings is 1. The van der Waals surface area contributed by atoms with Crippen LogP contribution in [0.2, 0.25) is 0 Å². The number of hydrogen-bond donors (Lipinski definition) is 1. The van der Waals surface area contributed by atoms with Crippen LogP contribution in [0.1, 0.15) is 53.7 Å². The lowest BCUT2D eigenvalue weighted by Crippen LogP contribution is -2.21. The Morgan fingerprint density at radius 3 is 2.88 bits per heavy atom. The standard InChI is InChI=1S/C12H16N2O2/c13-4-3-7-5-9-11(10(15)6-7)16-12(14-9)8-1-2-8/h7-8H,1-6,13H2. The van der Waals surface area contributed by atoms with Crippen LogP contribution in [-0.4, -0.2) is 17.3 Å². The average Bonchev–Trinajstić information content (AvgIpc) is 3.00. The smallest absolute Gasteiger partial charge is 0.200 e.